The Balaban J connectivity index is 3.43. The predicted molar refractivity (Wildman–Crippen MR) is 49.5 cm³/mol. The van der Waals surface area contributed by atoms with Gasteiger partial charge in [0.1, 0.15) is 0 Å². The molecule has 0 saturated heterocycles. The number of carbonyl (C=O) groups is 1. The summed E-state index contributed by atoms with van der Waals surface area (Å²) in [5.41, 5.74) is 0. The Kier molecular flexibility index (Phi) is 5.03. The number of carboxylic acid groups (broad SMARTS) is 1. The zero-order valence-corrected chi connectivity index (χ0v) is 8.46. The molecule has 0 rings (SSSR count). The first-order valence-electron chi connectivity index (χ1n) is 3.38. The minimum absolute atomic E-state index is 0.299. The van der Waals surface area contributed by atoms with E-state index in [1.165, 1.54) is 0 Å². The maximum Gasteiger partial charge on any atom is 0.303 e. The zero-order chi connectivity index (χ0) is 8.15. The minimum Gasteiger partial charge on any atom is -0.481 e. The molecule has 0 aromatic rings. The van der Waals surface area contributed by atoms with Crippen molar-refractivity contribution in [3.05, 3.63) is 0 Å². The van der Waals surface area contributed by atoms with Crippen LogP contribution in [0.3, 0.4) is 0 Å². The Labute approximate surface area is 75.1 Å². The van der Waals surface area contributed by atoms with E-state index >= 15 is 0 Å². The van der Waals surface area contributed by atoms with Gasteiger partial charge in [-0.05, 0) is 12.3 Å². The van der Waals surface area contributed by atoms with Crippen LogP contribution >= 0.6 is 22.6 Å². The number of aliphatic carboxylic acids is 1. The number of hydrogen-bond acceptors (Lipinski definition) is 1. The number of halogens is 1. The fourth-order valence-electron chi connectivity index (χ4n) is 0.936. The highest BCUT2D eigenvalue weighted by molar-refractivity contribution is 14.1. The van der Waals surface area contributed by atoms with Crippen LogP contribution in [0.4, 0.5) is 0 Å². The van der Waals surface area contributed by atoms with Crippen molar-refractivity contribution in [2.24, 2.45) is 5.92 Å². The molecule has 2 unspecified atom stereocenters. The third kappa shape index (κ3) is 6.32. The lowest BCUT2D eigenvalue weighted by molar-refractivity contribution is -0.137. The van der Waals surface area contributed by atoms with Gasteiger partial charge in [0.05, 0.1) is 0 Å². The van der Waals surface area contributed by atoms with Crippen molar-refractivity contribution in [2.45, 2.75) is 30.6 Å². The first kappa shape index (κ1) is 10.2. The van der Waals surface area contributed by atoms with Crippen LogP contribution in [0, 0.1) is 5.92 Å². The highest BCUT2D eigenvalue weighted by Gasteiger charge is 2.09. The van der Waals surface area contributed by atoms with Gasteiger partial charge in [-0.25, -0.2) is 0 Å². The first-order valence-corrected chi connectivity index (χ1v) is 4.62. The van der Waals surface area contributed by atoms with Crippen molar-refractivity contribution in [1.82, 2.24) is 0 Å². The number of hydrogen-bond donors (Lipinski definition) is 1. The molecule has 1 N–H and O–H groups in total. The second kappa shape index (κ2) is 4.93. The van der Waals surface area contributed by atoms with Crippen molar-refractivity contribution in [3.8, 4) is 0 Å². The molecule has 0 aliphatic rings. The number of alkyl halides is 1. The van der Waals surface area contributed by atoms with Crippen LogP contribution in [0.5, 0.6) is 0 Å². The second-order valence-corrected chi connectivity index (χ2v) is 4.85. The molecule has 0 bridgehead atoms. The molecule has 2 atom stereocenters. The van der Waals surface area contributed by atoms with Gasteiger partial charge in [-0.2, -0.15) is 0 Å². The maximum absolute atomic E-state index is 10.2. The van der Waals surface area contributed by atoms with Crippen LogP contribution in [-0.2, 0) is 4.79 Å². The maximum atomic E-state index is 10.2. The average molecular weight is 256 g/mol. The van der Waals surface area contributed by atoms with Gasteiger partial charge in [0, 0.05) is 10.3 Å². The monoisotopic (exact) mass is 256 g/mol. The molecule has 10 heavy (non-hydrogen) atoms. The smallest absolute Gasteiger partial charge is 0.303 e. The molecule has 0 amide bonds. The Morgan fingerprint density at radius 3 is 2.40 bits per heavy atom. The summed E-state index contributed by atoms with van der Waals surface area (Å²) in [6.45, 7) is 4.07. The summed E-state index contributed by atoms with van der Waals surface area (Å²) in [5.74, 6) is -0.381. The van der Waals surface area contributed by atoms with E-state index in [0.717, 1.165) is 6.42 Å². The van der Waals surface area contributed by atoms with Gasteiger partial charge in [-0.15, -0.1) is 0 Å². The molecular formula is C7H13IO2. The van der Waals surface area contributed by atoms with Crippen molar-refractivity contribution >= 4 is 28.6 Å². The van der Waals surface area contributed by atoms with Crippen molar-refractivity contribution in [2.75, 3.05) is 0 Å². The number of carboxylic acids is 1. The van der Waals surface area contributed by atoms with Gasteiger partial charge in [0.25, 0.3) is 0 Å². The normalized spacial score (nSPS) is 16.3. The van der Waals surface area contributed by atoms with Crippen LogP contribution < -0.4 is 0 Å². The Bertz CT molecular complexity index is 112. The molecule has 0 radical (unpaired) electrons. The molecule has 0 spiro atoms. The molecular weight excluding hydrogens is 243 g/mol. The minimum atomic E-state index is -0.690. The van der Waals surface area contributed by atoms with Gasteiger partial charge in [-0.3, -0.25) is 4.79 Å². The Morgan fingerprint density at radius 2 is 2.10 bits per heavy atom. The lowest BCUT2D eigenvalue weighted by atomic mass is 10.0. The van der Waals surface area contributed by atoms with E-state index < -0.39 is 5.97 Å². The van der Waals surface area contributed by atoms with E-state index in [4.69, 9.17) is 5.11 Å². The lowest BCUT2D eigenvalue weighted by Crippen LogP contribution is -2.07. The Hall–Kier alpha value is 0.200. The van der Waals surface area contributed by atoms with Crippen LogP contribution in [0.1, 0.15) is 26.7 Å². The van der Waals surface area contributed by atoms with Gasteiger partial charge in [-0.1, -0.05) is 36.4 Å². The van der Waals surface area contributed by atoms with E-state index in [0.29, 0.717) is 16.3 Å². The largest absolute Gasteiger partial charge is 0.481 e. The van der Waals surface area contributed by atoms with Gasteiger partial charge < -0.3 is 5.11 Å². The van der Waals surface area contributed by atoms with Gasteiger partial charge in [0.2, 0.25) is 0 Å². The first-order chi connectivity index (χ1) is 4.52. The number of rotatable bonds is 4. The molecule has 3 heteroatoms. The van der Waals surface area contributed by atoms with Crippen LogP contribution in [0.2, 0.25) is 0 Å². The van der Waals surface area contributed by atoms with Crippen molar-refractivity contribution < 1.29 is 9.90 Å². The molecule has 0 heterocycles. The van der Waals surface area contributed by atoms with Crippen LogP contribution in [0.25, 0.3) is 0 Å². The van der Waals surface area contributed by atoms with Crippen LogP contribution in [-0.4, -0.2) is 15.0 Å². The molecule has 0 aromatic carbocycles. The summed E-state index contributed by atoms with van der Waals surface area (Å²) >= 11 is 2.31. The summed E-state index contributed by atoms with van der Waals surface area (Å²) in [5, 5.41) is 8.39. The summed E-state index contributed by atoms with van der Waals surface area (Å²) < 4.78 is 0.576. The molecule has 0 fully saturated rings. The molecule has 0 aliphatic heterocycles. The lowest BCUT2D eigenvalue weighted by Gasteiger charge is -2.08. The highest BCUT2D eigenvalue weighted by atomic mass is 127. The standard InChI is InChI=1S/C7H13IO2/c1-5(3-6(2)8)4-7(9)10/h5-6H,3-4H2,1-2H3,(H,9,10). The second-order valence-electron chi connectivity index (χ2n) is 2.72. The Morgan fingerprint density at radius 1 is 1.60 bits per heavy atom. The molecule has 0 aromatic heterocycles. The van der Waals surface area contributed by atoms with E-state index in [9.17, 15) is 4.79 Å². The van der Waals surface area contributed by atoms with E-state index in [2.05, 4.69) is 29.5 Å². The summed E-state index contributed by atoms with van der Waals surface area (Å²) in [6, 6.07) is 0. The fraction of sp³-hybridized carbons (Fsp3) is 0.857. The van der Waals surface area contributed by atoms with E-state index in [1.807, 2.05) is 6.92 Å². The van der Waals surface area contributed by atoms with E-state index in [-0.39, 0.29) is 0 Å². The molecule has 60 valence electrons. The summed E-state index contributed by atoms with van der Waals surface area (Å²) in [7, 11) is 0. The van der Waals surface area contributed by atoms with Crippen LogP contribution in [0.15, 0.2) is 0 Å². The average Bonchev–Trinajstić information content (AvgIpc) is 1.58. The summed E-state index contributed by atoms with van der Waals surface area (Å²) in [6.07, 6.45) is 1.29. The van der Waals surface area contributed by atoms with Gasteiger partial charge in [0.15, 0.2) is 0 Å². The zero-order valence-electron chi connectivity index (χ0n) is 6.30. The highest BCUT2D eigenvalue weighted by Crippen LogP contribution is 2.15. The third-order valence-corrected chi connectivity index (χ3v) is 1.76. The molecule has 2 nitrogen and oxygen atoms in total. The van der Waals surface area contributed by atoms with Crippen molar-refractivity contribution in [3.63, 3.8) is 0 Å². The van der Waals surface area contributed by atoms with Gasteiger partial charge >= 0.3 is 5.97 Å². The third-order valence-electron chi connectivity index (χ3n) is 1.25. The SMILES string of the molecule is CC(I)CC(C)CC(=O)O. The molecule has 0 aliphatic carbocycles. The molecule has 0 saturated carbocycles. The quantitative estimate of drug-likeness (QED) is 0.619. The topological polar surface area (TPSA) is 37.3 Å². The fourth-order valence-corrected chi connectivity index (χ4v) is 1.80. The summed E-state index contributed by atoms with van der Waals surface area (Å²) in [4.78, 5) is 10.2. The van der Waals surface area contributed by atoms with E-state index in [1.54, 1.807) is 0 Å². The predicted octanol–water partition coefficient (Wildman–Crippen LogP) is 2.31. The van der Waals surface area contributed by atoms with Crippen molar-refractivity contribution in [1.29, 1.82) is 0 Å².